The van der Waals surface area contributed by atoms with Gasteiger partial charge in [-0.1, -0.05) is 6.92 Å². The van der Waals surface area contributed by atoms with E-state index >= 15 is 0 Å². The lowest BCUT2D eigenvalue weighted by atomic mass is 10.3. The fraction of sp³-hybridized carbons (Fsp3) is 0.333. The lowest BCUT2D eigenvalue weighted by Gasteiger charge is -2.09. The van der Waals surface area contributed by atoms with Crippen LogP contribution in [0.15, 0.2) is 30.3 Å². The van der Waals surface area contributed by atoms with Gasteiger partial charge >= 0.3 is 0 Å². The van der Waals surface area contributed by atoms with E-state index in [0.29, 0.717) is 11.6 Å². The van der Waals surface area contributed by atoms with Crippen molar-refractivity contribution in [2.75, 3.05) is 19.5 Å². The predicted molar refractivity (Wildman–Crippen MR) is 78.6 cm³/mol. The highest BCUT2D eigenvalue weighted by atomic mass is 16.5. The van der Waals surface area contributed by atoms with Gasteiger partial charge in [0.1, 0.15) is 23.1 Å². The lowest BCUT2D eigenvalue weighted by Crippen LogP contribution is -2.01. The van der Waals surface area contributed by atoms with E-state index in [2.05, 4.69) is 22.2 Å². The second-order valence-electron chi connectivity index (χ2n) is 4.29. The number of aromatic nitrogens is 2. The van der Waals surface area contributed by atoms with Gasteiger partial charge in [-0.25, -0.2) is 4.98 Å². The first-order valence-electron chi connectivity index (χ1n) is 6.62. The molecule has 0 bridgehead atoms. The number of benzene rings is 1. The summed E-state index contributed by atoms with van der Waals surface area (Å²) in [7, 11) is 3.46. The monoisotopic (exact) mass is 273 g/mol. The van der Waals surface area contributed by atoms with Gasteiger partial charge in [0.15, 0.2) is 0 Å². The van der Waals surface area contributed by atoms with E-state index < -0.39 is 0 Å². The molecule has 0 saturated carbocycles. The molecule has 0 amide bonds. The van der Waals surface area contributed by atoms with Crippen LogP contribution in [-0.4, -0.2) is 24.1 Å². The Morgan fingerprint density at radius 1 is 1.10 bits per heavy atom. The second kappa shape index (κ2) is 6.75. The van der Waals surface area contributed by atoms with E-state index in [1.54, 1.807) is 13.2 Å². The van der Waals surface area contributed by atoms with Gasteiger partial charge < -0.3 is 14.8 Å². The molecule has 1 heterocycles. The largest absolute Gasteiger partial charge is 0.497 e. The van der Waals surface area contributed by atoms with Gasteiger partial charge in [-0.3, -0.25) is 0 Å². The summed E-state index contributed by atoms with van der Waals surface area (Å²) >= 11 is 0. The molecular weight excluding hydrogens is 254 g/mol. The molecule has 106 valence electrons. The summed E-state index contributed by atoms with van der Waals surface area (Å²) in [4.78, 5) is 8.79. The van der Waals surface area contributed by atoms with Crippen molar-refractivity contribution in [1.29, 1.82) is 0 Å². The third kappa shape index (κ3) is 3.60. The van der Waals surface area contributed by atoms with Crippen LogP contribution < -0.4 is 14.8 Å². The number of hydrogen-bond acceptors (Lipinski definition) is 5. The number of aryl methyl sites for hydroxylation is 1. The summed E-state index contributed by atoms with van der Waals surface area (Å²) in [6, 6.07) is 9.17. The normalized spacial score (nSPS) is 10.2. The molecule has 2 aromatic rings. The summed E-state index contributed by atoms with van der Waals surface area (Å²) < 4.78 is 10.9. The Kier molecular flexibility index (Phi) is 4.76. The number of hydrogen-bond donors (Lipinski definition) is 1. The molecule has 0 saturated heterocycles. The quantitative estimate of drug-likeness (QED) is 0.875. The third-order valence-electron chi connectivity index (χ3n) is 2.76. The molecule has 0 spiro atoms. The molecule has 0 radical (unpaired) electrons. The molecule has 0 fully saturated rings. The van der Waals surface area contributed by atoms with Crippen LogP contribution in [0, 0.1) is 0 Å². The van der Waals surface area contributed by atoms with Crippen LogP contribution in [0.3, 0.4) is 0 Å². The molecule has 1 aromatic heterocycles. The van der Waals surface area contributed by atoms with Crippen molar-refractivity contribution in [3.8, 4) is 17.4 Å². The zero-order valence-corrected chi connectivity index (χ0v) is 12.0. The van der Waals surface area contributed by atoms with Crippen LogP contribution in [0.4, 0.5) is 5.82 Å². The van der Waals surface area contributed by atoms with Crippen molar-refractivity contribution in [3.63, 3.8) is 0 Å². The van der Waals surface area contributed by atoms with Crippen molar-refractivity contribution < 1.29 is 9.47 Å². The molecule has 1 aromatic carbocycles. The second-order valence-corrected chi connectivity index (χ2v) is 4.29. The van der Waals surface area contributed by atoms with Crippen LogP contribution in [0.2, 0.25) is 0 Å². The predicted octanol–water partition coefficient (Wildman–Crippen LogP) is 3.27. The van der Waals surface area contributed by atoms with E-state index in [0.717, 1.165) is 30.2 Å². The maximum Gasteiger partial charge on any atom is 0.224 e. The first kappa shape index (κ1) is 14.1. The minimum absolute atomic E-state index is 0.540. The fourth-order valence-electron chi connectivity index (χ4n) is 1.75. The summed E-state index contributed by atoms with van der Waals surface area (Å²) in [5.41, 5.74) is 0. The molecule has 0 aliphatic carbocycles. The third-order valence-corrected chi connectivity index (χ3v) is 2.76. The van der Waals surface area contributed by atoms with Gasteiger partial charge in [0, 0.05) is 19.5 Å². The van der Waals surface area contributed by atoms with Gasteiger partial charge in [-0.15, -0.1) is 0 Å². The molecule has 2 rings (SSSR count). The van der Waals surface area contributed by atoms with E-state index in [-0.39, 0.29) is 0 Å². The number of ether oxygens (including phenoxy) is 2. The highest BCUT2D eigenvalue weighted by molar-refractivity contribution is 5.40. The van der Waals surface area contributed by atoms with Crippen LogP contribution in [-0.2, 0) is 6.42 Å². The van der Waals surface area contributed by atoms with E-state index in [4.69, 9.17) is 9.47 Å². The summed E-state index contributed by atoms with van der Waals surface area (Å²) in [5, 5.41) is 3.02. The maximum absolute atomic E-state index is 5.76. The van der Waals surface area contributed by atoms with Crippen molar-refractivity contribution in [2.24, 2.45) is 0 Å². The zero-order valence-electron chi connectivity index (χ0n) is 12.0. The van der Waals surface area contributed by atoms with Crippen molar-refractivity contribution in [3.05, 3.63) is 36.2 Å². The average Bonchev–Trinajstić information content (AvgIpc) is 2.48. The van der Waals surface area contributed by atoms with Crippen LogP contribution >= 0.6 is 0 Å². The first-order valence-corrected chi connectivity index (χ1v) is 6.62. The van der Waals surface area contributed by atoms with Gasteiger partial charge in [0.2, 0.25) is 5.88 Å². The fourth-order valence-corrected chi connectivity index (χ4v) is 1.75. The molecule has 5 heteroatoms. The molecular formula is C15H19N3O2. The Morgan fingerprint density at radius 3 is 2.40 bits per heavy atom. The van der Waals surface area contributed by atoms with Crippen molar-refractivity contribution in [2.45, 2.75) is 19.8 Å². The van der Waals surface area contributed by atoms with Crippen LogP contribution in [0.25, 0.3) is 0 Å². The van der Waals surface area contributed by atoms with Crippen molar-refractivity contribution >= 4 is 5.82 Å². The first-order chi connectivity index (χ1) is 9.75. The van der Waals surface area contributed by atoms with Crippen LogP contribution in [0.5, 0.6) is 17.4 Å². The smallest absolute Gasteiger partial charge is 0.224 e. The summed E-state index contributed by atoms with van der Waals surface area (Å²) in [5.74, 6) is 3.59. The molecule has 0 aliphatic heterocycles. The Hall–Kier alpha value is -2.30. The minimum Gasteiger partial charge on any atom is -0.497 e. The topological polar surface area (TPSA) is 56.3 Å². The molecule has 20 heavy (non-hydrogen) atoms. The Morgan fingerprint density at radius 2 is 1.80 bits per heavy atom. The molecule has 0 unspecified atom stereocenters. The van der Waals surface area contributed by atoms with Gasteiger partial charge in [-0.2, -0.15) is 4.98 Å². The molecule has 0 aliphatic rings. The summed E-state index contributed by atoms with van der Waals surface area (Å²) in [6.45, 7) is 2.10. The average molecular weight is 273 g/mol. The number of anilines is 1. The standard InChI is InChI=1S/C15H19N3O2/c1-4-5-13-17-14(16-2)10-15(18-13)20-12-8-6-11(19-3)7-9-12/h6-10H,4-5H2,1-3H3,(H,16,17,18). The van der Waals surface area contributed by atoms with E-state index in [9.17, 15) is 0 Å². The Balaban J connectivity index is 2.20. The van der Waals surface area contributed by atoms with Crippen molar-refractivity contribution in [1.82, 2.24) is 9.97 Å². The number of rotatable bonds is 6. The molecule has 1 N–H and O–H groups in total. The SMILES string of the molecule is CCCc1nc(NC)cc(Oc2ccc(OC)cc2)n1. The van der Waals surface area contributed by atoms with Gasteiger partial charge in [0.25, 0.3) is 0 Å². The molecule has 5 nitrogen and oxygen atoms in total. The zero-order chi connectivity index (χ0) is 14.4. The van der Waals surface area contributed by atoms with E-state index in [1.807, 2.05) is 31.3 Å². The summed E-state index contributed by atoms with van der Waals surface area (Å²) in [6.07, 6.45) is 1.82. The minimum atomic E-state index is 0.540. The maximum atomic E-state index is 5.76. The highest BCUT2D eigenvalue weighted by Crippen LogP contribution is 2.24. The van der Waals surface area contributed by atoms with Gasteiger partial charge in [0.05, 0.1) is 7.11 Å². The highest BCUT2D eigenvalue weighted by Gasteiger charge is 2.05. The Bertz CT molecular complexity index is 556. The lowest BCUT2D eigenvalue weighted by molar-refractivity contribution is 0.412. The Labute approximate surface area is 119 Å². The number of methoxy groups -OCH3 is 1. The van der Waals surface area contributed by atoms with E-state index in [1.165, 1.54) is 0 Å². The van der Waals surface area contributed by atoms with Crippen LogP contribution in [0.1, 0.15) is 19.2 Å². The number of nitrogens with one attached hydrogen (secondary N) is 1. The van der Waals surface area contributed by atoms with Gasteiger partial charge in [-0.05, 0) is 30.7 Å². The molecule has 0 atom stereocenters. The number of nitrogens with zero attached hydrogens (tertiary/aromatic N) is 2.